The molecule has 0 unspecified atom stereocenters. The number of carbonyl (C=O) groups excluding carboxylic acids is 2. The molecule has 1 fully saturated rings. The second kappa shape index (κ2) is 7.34. The average molecular weight is 353 g/mol. The van der Waals surface area contributed by atoms with Gasteiger partial charge in [0.1, 0.15) is 0 Å². The van der Waals surface area contributed by atoms with Gasteiger partial charge in [-0.1, -0.05) is 12.1 Å². The van der Waals surface area contributed by atoms with Crippen molar-refractivity contribution in [2.45, 2.75) is 33.2 Å². The van der Waals surface area contributed by atoms with Crippen LogP contribution in [0.5, 0.6) is 0 Å². The lowest BCUT2D eigenvalue weighted by molar-refractivity contribution is -0.136. The Morgan fingerprint density at radius 3 is 2.58 bits per heavy atom. The largest absolute Gasteiger partial charge is 0.452 e. The van der Waals surface area contributed by atoms with E-state index in [1.54, 1.807) is 19.1 Å². The molecule has 1 saturated heterocycles. The van der Waals surface area contributed by atoms with E-state index in [2.05, 4.69) is 0 Å². The van der Waals surface area contributed by atoms with Gasteiger partial charge in [0, 0.05) is 12.6 Å². The molecule has 1 aliphatic heterocycles. The van der Waals surface area contributed by atoms with Crippen LogP contribution in [0.1, 0.15) is 34.8 Å². The molecule has 2 rings (SSSR count). The lowest BCUT2D eigenvalue weighted by Crippen LogP contribution is -2.43. The highest BCUT2D eigenvalue weighted by Crippen LogP contribution is 2.18. The van der Waals surface area contributed by atoms with Gasteiger partial charge < -0.3 is 9.64 Å². The summed E-state index contributed by atoms with van der Waals surface area (Å²) in [5.74, 6) is -0.820. The first-order valence-corrected chi connectivity index (χ1v) is 9.80. The summed E-state index contributed by atoms with van der Waals surface area (Å²) in [4.78, 5) is 26.0. The van der Waals surface area contributed by atoms with Gasteiger partial charge in [-0.15, -0.1) is 0 Å². The minimum atomic E-state index is -3.07. The molecular weight excluding hydrogens is 330 g/mol. The van der Waals surface area contributed by atoms with E-state index in [-0.39, 0.29) is 30.1 Å². The van der Waals surface area contributed by atoms with Crippen LogP contribution < -0.4 is 0 Å². The van der Waals surface area contributed by atoms with E-state index < -0.39 is 15.8 Å². The predicted molar refractivity (Wildman–Crippen MR) is 90.6 cm³/mol. The first-order chi connectivity index (χ1) is 11.2. The molecule has 0 saturated carbocycles. The zero-order valence-corrected chi connectivity index (χ0v) is 15.1. The maximum atomic E-state index is 12.3. The number of amides is 1. The van der Waals surface area contributed by atoms with Crippen LogP contribution >= 0.6 is 0 Å². The van der Waals surface area contributed by atoms with Gasteiger partial charge in [-0.25, -0.2) is 13.2 Å². The molecule has 0 bridgehead atoms. The smallest absolute Gasteiger partial charge is 0.338 e. The van der Waals surface area contributed by atoms with Gasteiger partial charge in [0.05, 0.1) is 17.1 Å². The molecule has 24 heavy (non-hydrogen) atoms. The standard InChI is InChI=1S/C17H23NO5S/c1-4-18(14-8-9-24(21,22)11-14)16(19)10-23-17(20)15-7-5-6-12(2)13(15)3/h5-7,14H,4,8-11H2,1-3H3/t14-/m1/s1. The summed E-state index contributed by atoms with van der Waals surface area (Å²) in [5, 5.41) is 0. The topological polar surface area (TPSA) is 80.8 Å². The van der Waals surface area contributed by atoms with Crippen LogP contribution in [0.4, 0.5) is 0 Å². The molecule has 1 atom stereocenters. The van der Waals surface area contributed by atoms with Gasteiger partial charge in [0.15, 0.2) is 16.4 Å². The number of hydrogen-bond acceptors (Lipinski definition) is 5. The van der Waals surface area contributed by atoms with E-state index in [9.17, 15) is 18.0 Å². The normalized spacial score (nSPS) is 19.0. The number of rotatable bonds is 5. The molecular formula is C17H23NO5S. The number of esters is 1. The van der Waals surface area contributed by atoms with Crippen LogP contribution in [-0.2, 0) is 19.4 Å². The lowest BCUT2D eigenvalue weighted by atomic mass is 10.0. The van der Waals surface area contributed by atoms with Crippen molar-refractivity contribution in [1.29, 1.82) is 0 Å². The fourth-order valence-corrected chi connectivity index (χ4v) is 4.65. The number of ether oxygens (including phenoxy) is 1. The number of aryl methyl sites for hydroxylation is 1. The fraction of sp³-hybridized carbons (Fsp3) is 0.529. The Morgan fingerprint density at radius 1 is 1.29 bits per heavy atom. The minimum Gasteiger partial charge on any atom is -0.452 e. The molecule has 1 amide bonds. The summed E-state index contributed by atoms with van der Waals surface area (Å²) >= 11 is 0. The Labute approximate surface area is 142 Å². The van der Waals surface area contributed by atoms with E-state index in [4.69, 9.17) is 4.74 Å². The maximum Gasteiger partial charge on any atom is 0.338 e. The molecule has 0 N–H and O–H groups in total. The highest BCUT2D eigenvalue weighted by atomic mass is 32.2. The summed E-state index contributed by atoms with van der Waals surface area (Å²) in [6.07, 6.45) is 0.437. The van der Waals surface area contributed by atoms with Crippen LogP contribution in [0, 0.1) is 13.8 Å². The van der Waals surface area contributed by atoms with Crippen LogP contribution in [-0.4, -0.2) is 55.9 Å². The van der Waals surface area contributed by atoms with Crippen molar-refractivity contribution >= 4 is 21.7 Å². The van der Waals surface area contributed by atoms with E-state index in [1.807, 2.05) is 19.9 Å². The number of hydrogen-bond donors (Lipinski definition) is 0. The zero-order chi connectivity index (χ0) is 17.9. The molecule has 1 aromatic carbocycles. The number of likely N-dealkylation sites (N-methyl/N-ethyl adjacent to an activating group) is 1. The third-order valence-electron chi connectivity index (χ3n) is 4.46. The van der Waals surface area contributed by atoms with Gasteiger partial charge in [-0.3, -0.25) is 4.79 Å². The Bertz CT molecular complexity index is 741. The SMILES string of the molecule is CCN(C(=O)COC(=O)c1cccc(C)c1C)[C@@H]1CCS(=O)(=O)C1. The Hall–Kier alpha value is -1.89. The molecule has 132 valence electrons. The minimum absolute atomic E-state index is 0.0164. The summed E-state index contributed by atoms with van der Waals surface area (Å²) in [7, 11) is -3.07. The van der Waals surface area contributed by atoms with Crippen molar-refractivity contribution in [2.75, 3.05) is 24.7 Å². The fourth-order valence-electron chi connectivity index (χ4n) is 2.92. The van der Waals surface area contributed by atoms with Gasteiger partial charge in [-0.05, 0) is 44.4 Å². The van der Waals surface area contributed by atoms with Crippen molar-refractivity contribution < 1.29 is 22.7 Å². The third-order valence-corrected chi connectivity index (χ3v) is 6.21. The van der Waals surface area contributed by atoms with E-state index in [0.29, 0.717) is 18.5 Å². The molecule has 6 nitrogen and oxygen atoms in total. The number of sulfone groups is 1. The van der Waals surface area contributed by atoms with Gasteiger partial charge in [-0.2, -0.15) is 0 Å². The van der Waals surface area contributed by atoms with Crippen molar-refractivity contribution in [2.24, 2.45) is 0 Å². The average Bonchev–Trinajstić information content (AvgIpc) is 2.88. The Morgan fingerprint density at radius 2 is 2.00 bits per heavy atom. The molecule has 0 spiro atoms. The van der Waals surface area contributed by atoms with Crippen LogP contribution in [0.25, 0.3) is 0 Å². The second-order valence-electron chi connectivity index (χ2n) is 6.06. The molecule has 0 aromatic heterocycles. The van der Waals surface area contributed by atoms with Gasteiger partial charge in [0.25, 0.3) is 5.91 Å². The Balaban J connectivity index is 1.99. The molecule has 1 heterocycles. The summed E-state index contributed by atoms with van der Waals surface area (Å²) in [6, 6.07) is 5.00. The Kier molecular flexibility index (Phi) is 5.64. The van der Waals surface area contributed by atoms with Crippen LogP contribution in [0.15, 0.2) is 18.2 Å². The van der Waals surface area contributed by atoms with Crippen LogP contribution in [0.2, 0.25) is 0 Å². The van der Waals surface area contributed by atoms with E-state index in [0.717, 1.165) is 11.1 Å². The third kappa shape index (κ3) is 4.14. The first kappa shape index (κ1) is 18.4. The van der Waals surface area contributed by atoms with Crippen molar-refractivity contribution in [3.63, 3.8) is 0 Å². The van der Waals surface area contributed by atoms with E-state index in [1.165, 1.54) is 4.90 Å². The predicted octanol–water partition coefficient (Wildman–Crippen LogP) is 1.50. The van der Waals surface area contributed by atoms with Gasteiger partial charge >= 0.3 is 5.97 Å². The zero-order valence-electron chi connectivity index (χ0n) is 14.2. The summed E-state index contributed by atoms with van der Waals surface area (Å²) in [5.41, 5.74) is 2.24. The summed E-state index contributed by atoms with van der Waals surface area (Å²) in [6.45, 7) is 5.53. The molecule has 7 heteroatoms. The monoisotopic (exact) mass is 353 g/mol. The maximum absolute atomic E-state index is 12.3. The van der Waals surface area contributed by atoms with Gasteiger partial charge in [0.2, 0.25) is 0 Å². The number of nitrogens with zero attached hydrogens (tertiary/aromatic N) is 1. The molecule has 1 aromatic rings. The van der Waals surface area contributed by atoms with E-state index >= 15 is 0 Å². The van der Waals surface area contributed by atoms with Crippen molar-refractivity contribution in [3.8, 4) is 0 Å². The highest BCUT2D eigenvalue weighted by Gasteiger charge is 2.34. The van der Waals surface area contributed by atoms with Crippen LogP contribution in [0.3, 0.4) is 0 Å². The summed E-state index contributed by atoms with van der Waals surface area (Å²) < 4.78 is 28.3. The molecule has 0 radical (unpaired) electrons. The molecule has 0 aliphatic carbocycles. The number of carbonyl (C=O) groups is 2. The van der Waals surface area contributed by atoms with Crippen molar-refractivity contribution in [3.05, 3.63) is 34.9 Å². The lowest BCUT2D eigenvalue weighted by Gasteiger charge is -2.26. The second-order valence-corrected chi connectivity index (χ2v) is 8.29. The van der Waals surface area contributed by atoms with Crippen molar-refractivity contribution in [1.82, 2.24) is 4.90 Å². The molecule has 1 aliphatic rings. The number of benzene rings is 1. The highest BCUT2D eigenvalue weighted by molar-refractivity contribution is 7.91. The quantitative estimate of drug-likeness (QED) is 0.749. The first-order valence-electron chi connectivity index (χ1n) is 7.98.